The lowest BCUT2D eigenvalue weighted by molar-refractivity contribution is -0.274. The topological polar surface area (TPSA) is 59.0 Å². The number of alkyl halides is 3. The van der Waals surface area contributed by atoms with Crippen LogP contribution < -0.4 is 10.5 Å². The predicted molar refractivity (Wildman–Crippen MR) is 45.7 cm³/mol. The molecule has 0 atom stereocenters. The first-order chi connectivity index (χ1) is 6.96. The van der Waals surface area contributed by atoms with Gasteiger partial charge in [0.05, 0.1) is 5.56 Å². The first kappa shape index (κ1) is 11.3. The van der Waals surface area contributed by atoms with Crippen molar-refractivity contribution in [2.75, 3.05) is 0 Å². The molecule has 0 bridgehead atoms. The standard InChI is InChI=1S/C9H7F3N2O/c10-9(11,12)15-8-3-6(4-13)1-2-7(8)5-14/h1-3H,4,13H2. The number of hydrogen-bond acceptors (Lipinski definition) is 3. The molecule has 2 N–H and O–H groups in total. The van der Waals surface area contributed by atoms with Crippen LogP contribution in [0.2, 0.25) is 0 Å². The molecule has 0 aromatic heterocycles. The van der Waals surface area contributed by atoms with Crippen LogP contribution in [-0.2, 0) is 6.54 Å². The summed E-state index contributed by atoms with van der Waals surface area (Å²) < 4.78 is 39.5. The fourth-order valence-corrected chi connectivity index (χ4v) is 0.995. The third-order valence-corrected chi connectivity index (χ3v) is 1.63. The third kappa shape index (κ3) is 3.14. The molecule has 1 aromatic carbocycles. The van der Waals surface area contributed by atoms with E-state index in [1.54, 1.807) is 6.07 Å². The molecule has 0 saturated heterocycles. The van der Waals surface area contributed by atoms with Gasteiger partial charge in [-0.3, -0.25) is 0 Å². The van der Waals surface area contributed by atoms with Gasteiger partial charge in [0.25, 0.3) is 0 Å². The van der Waals surface area contributed by atoms with Gasteiger partial charge in [-0.05, 0) is 17.7 Å². The SMILES string of the molecule is N#Cc1ccc(CN)cc1OC(F)(F)F. The Labute approximate surface area is 83.9 Å². The zero-order valence-electron chi connectivity index (χ0n) is 7.51. The minimum Gasteiger partial charge on any atom is -0.404 e. The van der Waals surface area contributed by atoms with Gasteiger partial charge in [0, 0.05) is 6.54 Å². The van der Waals surface area contributed by atoms with Crippen LogP contribution in [0.15, 0.2) is 18.2 Å². The van der Waals surface area contributed by atoms with Gasteiger partial charge in [0.15, 0.2) is 0 Å². The van der Waals surface area contributed by atoms with E-state index in [4.69, 9.17) is 11.0 Å². The van der Waals surface area contributed by atoms with Gasteiger partial charge in [-0.15, -0.1) is 13.2 Å². The number of nitrogens with two attached hydrogens (primary N) is 1. The number of halogens is 3. The number of hydrogen-bond donors (Lipinski definition) is 1. The summed E-state index contributed by atoms with van der Waals surface area (Å²) in [6.07, 6.45) is -4.81. The molecule has 0 fully saturated rings. The molecular formula is C9H7F3N2O. The minimum atomic E-state index is -4.81. The zero-order chi connectivity index (χ0) is 11.5. The van der Waals surface area contributed by atoms with Gasteiger partial charge in [-0.2, -0.15) is 5.26 Å². The number of benzene rings is 1. The fraction of sp³-hybridized carbons (Fsp3) is 0.222. The lowest BCUT2D eigenvalue weighted by Gasteiger charge is -2.10. The Morgan fingerprint density at radius 3 is 2.53 bits per heavy atom. The molecule has 0 radical (unpaired) electrons. The summed E-state index contributed by atoms with van der Waals surface area (Å²) in [4.78, 5) is 0. The van der Waals surface area contributed by atoms with Crippen LogP contribution in [0.25, 0.3) is 0 Å². The fourth-order valence-electron chi connectivity index (χ4n) is 0.995. The van der Waals surface area contributed by atoms with Gasteiger partial charge >= 0.3 is 6.36 Å². The molecule has 0 aliphatic heterocycles. The number of nitriles is 1. The molecule has 0 saturated carbocycles. The average molecular weight is 216 g/mol. The van der Waals surface area contributed by atoms with Crippen molar-refractivity contribution in [1.82, 2.24) is 0 Å². The highest BCUT2D eigenvalue weighted by atomic mass is 19.4. The van der Waals surface area contributed by atoms with E-state index in [-0.39, 0.29) is 12.1 Å². The first-order valence-electron chi connectivity index (χ1n) is 3.95. The molecule has 0 aliphatic rings. The van der Waals surface area contributed by atoms with Crippen molar-refractivity contribution in [1.29, 1.82) is 5.26 Å². The Bertz CT molecular complexity index is 395. The van der Waals surface area contributed by atoms with E-state index in [1.165, 1.54) is 12.1 Å². The highest BCUT2D eigenvalue weighted by Gasteiger charge is 2.32. The second kappa shape index (κ2) is 4.19. The predicted octanol–water partition coefficient (Wildman–Crippen LogP) is 1.92. The number of ether oxygens (including phenoxy) is 1. The van der Waals surface area contributed by atoms with Crippen LogP contribution in [0.3, 0.4) is 0 Å². The van der Waals surface area contributed by atoms with Crippen LogP contribution in [0.4, 0.5) is 13.2 Å². The maximum atomic E-state index is 11.9. The summed E-state index contributed by atoms with van der Waals surface area (Å²) in [5.41, 5.74) is 5.54. The van der Waals surface area contributed by atoms with E-state index < -0.39 is 12.1 Å². The van der Waals surface area contributed by atoms with Crippen molar-refractivity contribution in [3.63, 3.8) is 0 Å². The van der Waals surface area contributed by atoms with Crippen LogP contribution >= 0.6 is 0 Å². The molecule has 1 aromatic rings. The normalized spacial score (nSPS) is 10.9. The maximum absolute atomic E-state index is 11.9. The molecule has 3 nitrogen and oxygen atoms in total. The third-order valence-electron chi connectivity index (χ3n) is 1.63. The summed E-state index contributed by atoms with van der Waals surface area (Å²) in [5.74, 6) is -0.520. The van der Waals surface area contributed by atoms with Gasteiger partial charge < -0.3 is 10.5 Å². The molecule has 0 heterocycles. The Kier molecular flexibility index (Phi) is 3.17. The smallest absolute Gasteiger partial charge is 0.404 e. The lowest BCUT2D eigenvalue weighted by Crippen LogP contribution is -2.18. The molecule has 0 amide bonds. The molecule has 0 spiro atoms. The zero-order valence-corrected chi connectivity index (χ0v) is 7.51. The summed E-state index contributed by atoms with van der Waals surface area (Å²) in [7, 11) is 0. The van der Waals surface area contributed by atoms with Gasteiger partial charge in [0.2, 0.25) is 0 Å². The van der Waals surface area contributed by atoms with Crippen molar-refractivity contribution in [2.24, 2.45) is 5.73 Å². The van der Waals surface area contributed by atoms with Gasteiger partial charge in [0.1, 0.15) is 11.8 Å². The Morgan fingerprint density at radius 1 is 1.40 bits per heavy atom. The van der Waals surface area contributed by atoms with Gasteiger partial charge in [-0.1, -0.05) is 6.07 Å². The largest absolute Gasteiger partial charge is 0.573 e. The summed E-state index contributed by atoms with van der Waals surface area (Å²) in [5, 5.41) is 8.55. The number of nitrogens with zero attached hydrogens (tertiary/aromatic N) is 1. The van der Waals surface area contributed by atoms with Crippen LogP contribution in [0.5, 0.6) is 5.75 Å². The molecule has 6 heteroatoms. The van der Waals surface area contributed by atoms with Crippen molar-refractivity contribution >= 4 is 0 Å². The molecular weight excluding hydrogens is 209 g/mol. The van der Waals surface area contributed by atoms with E-state index in [2.05, 4.69) is 4.74 Å². The second-order valence-electron chi connectivity index (χ2n) is 2.69. The van der Waals surface area contributed by atoms with E-state index in [9.17, 15) is 13.2 Å². The minimum absolute atomic E-state index is 0.0833. The van der Waals surface area contributed by atoms with Gasteiger partial charge in [-0.25, -0.2) is 0 Å². The van der Waals surface area contributed by atoms with Crippen molar-refractivity contribution < 1.29 is 17.9 Å². The molecule has 0 unspecified atom stereocenters. The van der Waals surface area contributed by atoms with E-state index >= 15 is 0 Å². The maximum Gasteiger partial charge on any atom is 0.573 e. The van der Waals surface area contributed by atoms with Crippen molar-refractivity contribution in [3.8, 4) is 11.8 Å². The second-order valence-corrected chi connectivity index (χ2v) is 2.69. The summed E-state index contributed by atoms with van der Waals surface area (Å²) in [6, 6.07) is 5.42. The van der Waals surface area contributed by atoms with E-state index in [0.717, 1.165) is 6.07 Å². The summed E-state index contributed by atoms with van der Waals surface area (Å²) in [6.45, 7) is 0.0833. The number of rotatable bonds is 2. The highest BCUT2D eigenvalue weighted by molar-refractivity contribution is 5.45. The first-order valence-corrected chi connectivity index (χ1v) is 3.95. The Balaban J connectivity index is 3.08. The molecule has 1 rings (SSSR count). The lowest BCUT2D eigenvalue weighted by atomic mass is 10.1. The van der Waals surface area contributed by atoms with Crippen LogP contribution in [0, 0.1) is 11.3 Å². The quantitative estimate of drug-likeness (QED) is 0.821. The molecule has 15 heavy (non-hydrogen) atoms. The van der Waals surface area contributed by atoms with E-state index in [1.807, 2.05) is 0 Å². The molecule has 0 aliphatic carbocycles. The highest BCUT2D eigenvalue weighted by Crippen LogP contribution is 2.26. The van der Waals surface area contributed by atoms with Crippen molar-refractivity contribution in [3.05, 3.63) is 29.3 Å². The monoisotopic (exact) mass is 216 g/mol. The molecule has 80 valence electrons. The Hall–Kier alpha value is -1.74. The van der Waals surface area contributed by atoms with Crippen molar-refractivity contribution in [2.45, 2.75) is 12.9 Å². The Morgan fingerprint density at radius 2 is 2.07 bits per heavy atom. The average Bonchev–Trinajstić information content (AvgIpc) is 2.15. The van der Waals surface area contributed by atoms with Crippen LogP contribution in [-0.4, -0.2) is 6.36 Å². The van der Waals surface area contributed by atoms with Crippen LogP contribution in [0.1, 0.15) is 11.1 Å². The van der Waals surface area contributed by atoms with E-state index in [0.29, 0.717) is 5.56 Å². The summed E-state index contributed by atoms with van der Waals surface area (Å²) >= 11 is 0.